The normalized spacial score (nSPS) is 18.6. The second kappa shape index (κ2) is 6.81. The fourth-order valence-electron chi connectivity index (χ4n) is 1.47. The first-order chi connectivity index (χ1) is 6.88. The Morgan fingerprint density at radius 3 is 3.14 bits per heavy atom. The monoisotopic (exact) mass is 200 g/mol. The maximum Gasteiger partial charge on any atom is 0.110 e. The quantitative estimate of drug-likeness (QED) is 0.380. The number of hydrogen-bond acceptors (Lipinski definition) is 4. The highest BCUT2D eigenvalue weighted by atomic mass is 16.5. The highest BCUT2D eigenvalue weighted by molar-refractivity contribution is 5.04. The van der Waals surface area contributed by atoms with Gasteiger partial charge in [0, 0.05) is 13.2 Å². The van der Waals surface area contributed by atoms with Gasteiger partial charge in [-0.2, -0.15) is 0 Å². The lowest BCUT2D eigenvalue weighted by Gasteiger charge is -2.22. The van der Waals surface area contributed by atoms with Crippen LogP contribution >= 0.6 is 0 Å². The van der Waals surface area contributed by atoms with Gasteiger partial charge in [0.25, 0.3) is 0 Å². The number of allylic oxidation sites excluding steroid dienone is 1. The fraction of sp³-hybridized carbons (Fsp3) is 0.800. The molecule has 0 bridgehead atoms. The van der Waals surface area contributed by atoms with Gasteiger partial charge in [0.05, 0.1) is 12.6 Å². The summed E-state index contributed by atoms with van der Waals surface area (Å²) >= 11 is 0. The maximum atomic E-state index is 5.52. The number of hydrogen-bond donors (Lipinski definition) is 2. The van der Waals surface area contributed by atoms with Gasteiger partial charge in [-0.25, -0.2) is 5.43 Å². The summed E-state index contributed by atoms with van der Waals surface area (Å²) in [4.78, 5) is 0. The molecule has 0 aromatic heterocycles. The van der Waals surface area contributed by atoms with E-state index in [0.717, 1.165) is 38.2 Å². The van der Waals surface area contributed by atoms with E-state index in [1.165, 1.54) is 0 Å². The van der Waals surface area contributed by atoms with Gasteiger partial charge in [0.15, 0.2) is 0 Å². The molecule has 0 fully saturated rings. The first-order valence-corrected chi connectivity index (χ1v) is 5.25. The highest BCUT2D eigenvalue weighted by Crippen LogP contribution is 2.15. The van der Waals surface area contributed by atoms with Crippen LogP contribution in [0.3, 0.4) is 0 Å². The molecule has 0 amide bonds. The zero-order chi connectivity index (χ0) is 10.2. The van der Waals surface area contributed by atoms with Crippen molar-refractivity contribution in [3.05, 3.63) is 11.8 Å². The van der Waals surface area contributed by atoms with Crippen molar-refractivity contribution in [2.45, 2.75) is 32.2 Å². The lowest BCUT2D eigenvalue weighted by atomic mass is 10.1. The second-order valence-electron chi connectivity index (χ2n) is 3.30. The summed E-state index contributed by atoms with van der Waals surface area (Å²) in [5, 5.41) is 0. The van der Waals surface area contributed by atoms with E-state index >= 15 is 0 Å². The van der Waals surface area contributed by atoms with Crippen molar-refractivity contribution in [1.82, 2.24) is 5.43 Å². The molecule has 0 saturated heterocycles. The molecule has 4 nitrogen and oxygen atoms in total. The molecule has 1 rings (SSSR count). The fourth-order valence-corrected chi connectivity index (χ4v) is 1.47. The highest BCUT2D eigenvalue weighted by Gasteiger charge is 2.15. The molecule has 4 heteroatoms. The van der Waals surface area contributed by atoms with E-state index in [0.29, 0.717) is 6.61 Å². The minimum atomic E-state index is 0.0989. The van der Waals surface area contributed by atoms with Gasteiger partial charge in [-0.15, -0.1) is 0 Å². The van der Waals surface area contributed by atoms with Gasteiger partial charge < -0.3 is 9.47 Å². The molecular weight excluding hydrogens is 180 g/mol. The molecule has 82 valence electrons. The average Bonchev–Trinajstić information content (AvgIpc) is 2.26. The van der Waals surface area contributed by atoms with Gasteiger partial charge in [-0.3, -0.25) is 5.84 Å². The summed E-state index contributed by atoms with van der Waals surface area (Å²) in [6, 6.07) is 0.0989. The predicted molar refractivity (Wildman–Crippen MR) is 55.5 cm³/mol. The zero-order valence-electron chi connectivity index (χ0n) is 8.79. The van der Waals surface area contributed by atoms with Crippen molar-refractivity contribution < 1.29 is 9.47 Å². The minimum Gasteiger partial charge on any atom is -0.497 e. The summed E-state index contributed by atoms with van der Waals surface area (Å²) in [5.41, 5.74) is 2.76. The molecule has 0 aromatic carbocycles. The van der Waals surface area contributed by atoms with Crippen LogP contribution in [0.15, 0.2) is 11.8 Å². The molecule has 0 aromatic rings. The van der Waals surface area contributed by atoms with Gasteiger partial charge in [0.1, 0.15) is 5.76 Å². The lowest BCUT2D eigenvalue weighted by Crippen LogP contribution is -2.38. The smallest absolute Gasteiger partial charge is 0.110 e. The third kappa shape index (κ3) is 3.65. The molecule has 0 radical (unpaired) electrons. The number of hydrazine groups is 1. The molecular formula is C10H20N2O2. The molecule has 1 aliphatic rings. The van der Waals surface area contributed by atoms with Crippen LogP contribution in [0.4, 0.5) is 0 Å². The van der Waals surface area contributed by atoms with Gasteiger partial charge in [0.2, 0.25) is 0 Å². The second-order valence-corrected chi connectivity index (χ2v) is 3.30. The van der Waals surface area contributed by atoms with Gasteiger partial charge in [-0.05, 0) is 32.3 Å². The van der Waals surface area contributed by atoms with Crippen LogP contribution in [0.25, 0.3) is 0 Å². The van der Waals surface area contributed by atoms with E-state index in [1.807, 2.05) is 6.92 Å². The summed E-state index contributed by atoms with van der Waals surface area (Å²) in [6.45, 7) is 4.25. The van der Waals surface area contributed by atoms with Crippen LogP contribution in [0.2, 0.25) is 0 Å². The van der Waals surface area contributed by atoms with Crippen molar-refractivity contribution in [3.8, 4) is 0 Å². The average molecular weight is 200 g/mol. The Morgan fingerprint density at radius 1 is 1.71 bits per heavy atom. The number of ether oxygens (including phenoxy) is 2. The molecule has 1 heterocycles. The molecule has 1 atom stereocenters. The third-order valence-electron chi connectivity index (χ3n) is 2.26. The van der Waals surface area contributed by atoms with Gasteiger partial charge in [-0.1, -0.05) is 0 Å². The standard InChI is InChI=1S/C10H20N2O2/c1-2-13-8-6-9(12-11)10-5-3-4-7-14-10/h5,9,12H,2-4,6-8,11H2,1H3. The molecule has 14 heavy (non-hydrogen) atoms. The van der Waals surface area contributed by atoms with E-state index in [1.54, 1.807) is 0 Å². The van der Waals surface area contributed by atoms with Crippen molar-refractivity contribution in [1.29, 1.82) is 0 Å². The molecule has 0 aliphatic carbocycles. The molecule has 0 spiro atoms. The number of rotatable bonds is 6. The summed E-state index contributed by atoms with van der Waals surface area (Å²) in [7, 11) is 0. The van der Waals surface area contributed by atoms with Crippen LogP contribution in [0.1, 0.15) is 26.2 Å². The first kappa shape index (κ1) is 11.5. The van der Waals surface area contributed by atoms with Crippen molar-refractivity contribution >= 4 is 0 Å². The Kier molecular flexibility index (Phi) is 5.59. The molecule has 3 N–H and O–H groups in total. The topological polar surface area (TPSA) is 56.5 Å². The minimum absolute atomic E-state index is 0.0989. The Morgan fingerprint density at radius 2 is 2.57 bits per heavy atom. The van der Waals surface area contributed by atoms with Crippen molar-refractivity contribution in [3.63, 3.8) is 0 Å². The predicted octanol–water partition coefficient (Wildman–Crippen LogP) is 0.939. The Balaban J connectivity index is 2.32. The van der Waals surface area contributed by atoms with E-state index < -0.39 is 0 Å². The Hall–Kier alpha value is -0.580. The van der Waals surface area contributed by atoms with Crippen molar-refractivity contribution in [2.24, 2.45) is 5.84 Å². The van der Waals surface area contributed by atoms with Crippen LogP contribution in [0, 0.1) is 0 Å². The SMILES string of the molecule is CCOCCC(NN)C1=CCCCO1. The maximum absolute atomic E-state index is 5.52. The molecule has 0 saturated carbocycles. The Bertz CT molecular complexity index is 183. The van der Waals surface area contributed by atoms with Crippen LogP contribution in [-0.2, 0) is 9.47 Å². The van der Waals surface area contributed by atoms with E-state index in [2.05, 4.69) is 11.5 Å². The first-order valence-electron chi connectivity index (χ1n) is 5.25. The van der Waals surface area contributed by atoms with Crippen LogP contribution in [-0.4, -0.2) is 25.9 Å². The van der Waals surface area contributed by atoms with E-state index in [4.69, 9.17) is 15.3 Å². The Labute approximate surface area is 85.4 Å². The molecule has 1 unspecified atom stereocenters. The van der Waals surface area contributed by atoms with Crippen molar-refractivity contribution in [2.75, 3.05) is 19.8 Å². The lowest BCUT2D eigenvalue weighted by molar-refractivity contribution is 0.119. The zero-order valence-corrected chi connectivity index (χ0v) is 8.79. The van der Waals surface area contributed by atoms with E-state index in [-0.39, 0.29) is 6.04 Å². The summed E-state index contributed by atoms with van der Waals surface area (Å²) in [6.07, 6.45) is 5.16. The third-order valence-corrected chi connectivity index (χ3v) is 2.26. The van der Waals surface area contributed by atoms with Crippen LogP contribution < -0.4 is 11.3 Å². The van der Waals surface area contributed by atoms with Crippen LogP contribution in [0.5, 0.6) is 0 Å². The molecule has 1 aliphatic heterocycles. The number of nitrogens with one attached hydrogen (secondary N) is 1. The largest absolute Gasteiger partial charge is 0.497 e. The number of nitrogens with two attached hydrogens (primary N) is 1. The summed E-state index contributed by atoms with van der Waals surface area (Å²) < 4.78 is 10.8. The summed E-state index contributed by atoms with van der Waals surface area (Å²) in [5.74, 6) is 6.43. The van der Waals surface area contributed by atoms with Gasteiger partial charge >= 0.3 is 0 Å². The van der Waals surface area contributed by atoms with E-state index in [9.17, 15) is 0 Å².